The largest absolute Gasteiger partial charge is 0.456 e. The molecule has 0 saturated carbocycles. The van der Waals surface area contributed by atoms with Crippen molar-refractivity contribution in [2.45, 2.75) is 77.6 Å². The third-order valence-electron chi connectivity index (χ3n) is 15.6. The maximum Gasteiger partial charge on any atom is 0.198 e. The van der Waals surface area contributed by atoms with Gasteiger partial charge in [-0.2, -0.15) is 0 Å². The van der Waals surface area contributed by atoms with Gasteiger partial charge in [0.2, 0.25) is 0 Å². The van der Waals surface area contributed by atoms with Gasteiger partial charge in [0.1, 0.15) is 22.3 Å². The standard InChI is InChI=1S/C60H49BN2O2S/c1-58(2,3)32-16-18-33(19-17-32)62-47-29-52-40(41-26-44-45(28-51(41)65-52)60(6,7)23-22-59(44,4)5)24-38(47)36-20-21-37-39-25-43-35-13-9-11-15-54(35)66-55(43)31-48(39)63-49-30-53-42(27-46(49)61-56(36)57(37)63)34-12-8-10-14-50(34)64-53/h8-21,24-31,61-62H,22-23H2,1-7H3. The second kappa shape index (κ2) is 13.0. The quantitative estimate of drug-likeness (QED) is 0.180. The minimum absolute atomic E-state index is 0.0581. The van der Waals surface area contributed by atoms with Crippen LogP contribution in [-0.4, -0.2) is 11.8 Å². The minimum Gasteiger partial charge on any atom is -0.456 e. The van der Waals surface area contributed by atoms with Gasteiger partial charge in [0, 0.05) is 87.1 Å². The molecule has 6 heteroatoms. The van der Waals surface area contributed by atoms with E-state index in [0.29, 0.717) is 0 Å². The summed E-state index contributed by atoms with van der Waals surface area (Å²) in [6.45, 7) is 16.4. The monoisotopic (exact) mass is 872 g/mol. The topological polar surface area (TPSA) is 43.2 Å². The Hall–Kier alpha value is -6.76. The fourth-order valence-electron chi connectivity index (χ4n) is 11.8. The van der Waals surface area contributed by atoms with Crippen LogP contribution < -0.4 is 16.2 Å². The number of rotatable bonds is 3. The fraction of sp³-hybridized carbons (Fsp3) is 0.200. The Kier molecular flexibility index (Phi) is 7.58. The van der Waals surface area contributed by atoms with Crippen molar-refractivity contribution in [3.8, 4) is 16.8 Å². The first-order valence-electron chi connectivity index (χ1n) is 23.6. The molecule has 8 aromatic carbocycles. The van der Waals surface area contributed by atoms with Gasteiger partial charge in [-0.15, -0.1) is 11.3 Å². The van der Waals surface area contributed by atoms with E-state index in [2.05, 4.69) is 192 Å². The second-order valence-electron chi connectivity index (χ2n) is 21.6. The molecule has 0 unspecified atom stereocenters. The molecule has 5 heterocycles. The minimum atomic E-state index is 0.0581. The van der Waals surface area contributed by atoms with Crippen molar-refractivity contribution in [2.24, 2.45) is 0 Å². The van der Waals surface area contributed by atoms with Gasteiger partial charge in [-0.05, 0) is 111 Å². The molecule has 12 aromatic rings. The molecule has 0 fully saturated rings. The van der Waals surface area contributed by atoms with Crippen molar-refractivity contribution >= 4 is 127 Å². The van der Waals surface area contributed by atoms with Gasteiger partial charge in [-0.1, -0.05) is 121 Å². The summed E-state index contributed by atoms with van der Waals surface area (Å²) >= 11 is 1.88. The van der Waals surface area contributed by atoms with Crippen molar-refractivity contribution in [1.82, 2.24) is 4.57 Å². The highest BCUT2D eigenvalue weighted by Crippen LogP contribution is 2.50. The number of nitrogens with one attached hydrogen (secondary N) is 1. The van der Waals surface area contributed by atoms with Crippen molar-refractivity contribution in [1.29, 1.82) is 0 Å². The molecule has 0 atom stereocenters. The van der Waals surface area contributed by atoms with Crippen LogP contribution in [0.25, 0.3) is 103 Å². The van der Waals surface area contributed by atoms with E-state index in [1.807, 2.05) is 11.3 Å². The van der Waals surface area contributed by atoms with Crippen LogP contribution in [0.3, 0.4) is 0 Å². The molecule has 0 bridgehead atoms. The van der Waals surface area contributed by atoms with E-state index < -0.39 is 0 Å². The SMILES string of the molecule is CC(C)(C)c1ccc(Nc2cc3oc4cc5c(cc4c3cc2-c2ccc3c4cc6c(cc4n4c3c2Bc2cc3c(cc2-4)oc2ccccc23)sc2ccccc26)C(C)(C)CCC5(C)C)cc1. The normalized spacial score (nSPS) is 15.4. The van der Waals surface area contributed by atoms with Crippen LogP contribution in [0.15, 0.2) is 142 Å². The average molecular weight is 873 g/mol. The maximum atomic E-state index is 6.93. The van der Waals surface area contributed by atoms with Gasteiger partial charge >= 0.3 is 0 Å². The highest BCUT2D eigenvalue weighted by molar-refractivity contribution is 7.25. The molecule has 4 nitrogen and oxygen atoms in total. The molecule has 66 heavy (non-hydrogen) atoms. The van der Waals surface area contributed by atoms with Gasteiger partial charge in [-0.25, -0.2) is 0 Å². The first-order chi connectivity index (χ1) is 31.8. The first kappa shape index (κ1) is 38.5. The van der Waals surface area contributed by atoms with Gasteiger partial charge < -0.3 is 18.7 Å². The highest BCUT2D eigenvalue weighted by Gasteiger charge is 2.38. The molecule has 0 amide bonds. The van der Waals surface area contributed by atoms with E-state index >= 15 is 0 Å². The van der Waals surface area contributed by atoms with Crippen LogP contribution in [0.5, 0.6) is 0 Å². The molecule has 2 aliphatic rings. The summed E-state index contributed by atoms with van der Waals surface area (Å²) in [5, 5.41) is 13.8. The summed E-state index contributed by atoms with van der Waals surface area (Å²) in [5.74, 6) is 0. The van der Waals surface area contributed by atoms with Crippen molar-refractivity contribution in [3.05, 3.63) is 150 Å². The molecule has 1 aliphatic carbocycles. The third kappa shape index (κ3) is 5.39. The number of anilines is 2. The Morgan fingerprint density at radius 3 is 2.05 bits per heavy atom. The molecule has 4 aromatic heterocycles. The number of aromatic nitrogens is 1. The number of hydrogen-bond acceptors (Lipinski definition) is 4. The lowest BCUT2D eigenvalue weighted by atomic mass is 9.59. The number of furan rings is 2. The Labute approximate surface area is 388 Å². The summed E-state index contributed by atoms with van der Waals surface area (Å²) in [7, 11) is 0.783. The predicted molar refractivity (Wildman–Crippen MR) is 284 cm³/mol. The van der Waals surface area contributed by atoms with Gasteiger partial charge in [-0.3, -0.25) is 0 Å². The summed E-state index contributed by atoms with van der Waals surface area (Å²) in [6.07, 6.45) is 2.32. The first-order valence-corrected chi connectivity index (χ1v) is 24.4. The lowest BCUT2D eigenvalue weighted by Crippen LogP contribution is -2.37. The number of fused-ring (bicyclic) bond motifs is 15. The fourth-order valence-corrected chi connectivity index (χ4v) is 13.0. The predicted octanol–water partition coefficient (Wildman–Crippen LogP) is 15.7. The third-order valence-corrected chi connectivity index (χ3v) is 16.8. The van der Waals surface area contributed by atoms with E-state index in [-0.39, 0.29) is 16.2 Å². The molecule has 320 valence electrons. The van der Waals surface area contributed by atoms with Crippen molar-refractivity contribution < 1.29 is 8.83 Å². The molecule has 0 spiro atoms. The summed E-state index contributed by atoms with van der Waals surface area (Å²) in [6, 6.07) is 50.2. The number of benzene rings is 8. The number of para-hydroxylation sites is 1. The number of hydrogen-bond donors (Lipinski definition) is 1. The zero-order valence-corrected chi connectivity index (χ0v) is 39.3. The van der Waals surface area contributed by atoms with E-state index in [9.17, 15) is 0 Å². The lowest BCUT2D eigenvalue weighted by Gasteiger charge is -2.41. The van der Waals surface area contributed by atoms with E-state index in [1.54, 1.807) is 0 Å². The van der Waals surface area contributed by atoms with Gasteiger partial charge in [0.25, 0.3) is 0 Å². The van der Waals surface area contributed by atoms with E-state index in [4.69, 9.17) is 8.83 Å². The van der Waals surface area contributed by atoms with Gasteiger partial charge in [0.15, 0.2) is 7.28 Å². The summed E-state index contributed by atoms with van der Waals surface area (Å²) < 4.78 is 18.7. The second-order valence-corrected chi connectivity index (χ2v) is 22.7. The number of nitrogens with zero attached hydrogens (tertiary/aromatic N) is 1. The van der Waals surface area contributed by atoms with Crippen LogP contribution in [0.2, 0.25) is 0 Å². The van der Waals surface area contributed by atoms with Crippen LogP contribution in [-0.2, 0) is 16.2 Å². The Morgan fingerprint density at radius 2 is 1.24 bits per heavy atom. The van der Waals surface area contributed by atoms with Gasteiger partial charge in [0.05, 0.1) is 11.2 Å². The Morgan fingerprint density at radius 1 is 0.561 bits per heavy atom. The van der Waals surface area contributed by atoms with Crippen molar-refractivity contribution in [2.75, 3.05) is 5.32 Å². The molecular formula is C60H49BN2O2S. The summed E-state index contributed by atoms with van der Waals surface area (Å²) in [4.78, 5) is 0. The maximum absolute atomic E-state index is 6.93. The van der Waals surface area contributed by atoms with E-state index in [1.165, 1.54) is 91.8 Å². The zero-order valence-electron chi connectivity index (χ0n) is 38.5. The average Bonchev–Trinajstić information content (AvgIpc) is 4.05. The molecule has 0 radical (unpaired) electrons. The summed E-state index contributed by atoms with van der Waals surface area (Å²) in [5.41, 5.74) is 18.9. The van der Waals surface area contributed by atoms with Crippen LogP contribution >= 0.6 is 11.3 Å². The van der Waals surface area contributed by atoms with Crippen LogP contribution in [0.1, 0.15) is 78.0 Å². The molecule has 1 N–H and O–H groups in total. The lowest BCUT2D eigenvalue weighted by molar-refractivity contribution is 0.332. The molecule has 1 aliphatic heterocycles. The van der Waals surface area contributed by atoms with E-state index in [0.717, 1.165) is 70.0 Å². The molecular weight excluding hydrogens is 824 g/mol. The highest BCUT2D eigenvalue weighted by atomic mass is 32.1. The Balaban J connectivity index is 1.07. The zero-order chi connectivity index (χ0) is 44.6. The number of thiophene rings is 1. The molecule has 0 saturated heterocycles. The van der Waals surface area contributed by atoms with Crippen LogP contribution in [0, 0.1) is 0 Å². The van der Waals surface area contributed by atoms with Crippen molar-refractivity contribution in [3.63, 3.8) is 0 Å². The van der Waals surface area contributed by atoms with Crippen LogP contribution in [0.4, 0.5) is 11.4 Å². The molecule has 14 rings (SSSR count). The smallest absolute Gasteiger partial charge is 0.198 e. The Bertz CT molecular complexity index is 4090.